The molecule has 130 valence electrons. The fraction of sp³-hybridized carbons (Fsp3) is 0.684. The van der Waals surface area contributed by atoms with E-state index in [1.165, 1.54) is 24.1 Å². The Morgan fingerprint density at radius 1 is 1.00 bits per heavy atom. The van der Waals surface area contributed by atoms with Gasteiger partial charge in [-0.05, 0) is 58.1 Å². The molecule has 0 radical (unpaired) electrons. The summed E-state index contributed by atoms with van der Waals surface area (Å²) in [6.07, 6.45) is 2.64. The Bertz CT molecular complexity index is 605. The number of rotatable bonds is 3. The van der Waals surface area contributed by atoms with Gasteiger partial charge in [-0.15, -0.1) is 0 Å². The van der Waals surface area contributed by atoms with Crippen molar-refractivity contribution in [2.75, 3.05) is 31.2 Å². The van der Waals surface area contributed by atoms with Crippen molar-refractivity contribution in [1.29, 1.82) is 0 Å². The molecule has 3 aliphatic rings. The summed E-state index contributed by atoms with van der Waals surface area (Å²) in [4.78, 5) is 2.43. The number of hydrogen-bond acceptors (Lipinski definition) is 4. The molecule has 1 aromatic carbocycles. The Kier molecular flexibility index (Phi) is 3.94. The molecule has 1 aliphatic carbocycles. The van der Waals surface area contributed by atoms with Gasteiger partial charge in [0.15, 0.2) is 0 Å². The molecule has 24 heavy (non-hydrogen) atoms. The average molecular weight is 329 g/mol. The standard InChI is InChI=1S/C19H28BNO3/c1-18(2)19(3,4)24-20(23-18)16-8-7-15(14-5-6-14)13-17(16)21-9-11-22-12-10-21/h7-8,13-14H,5-6,9-12H2,1-4H3. The van der Waals surface area contributed by atoms with Crippen LogP contribution in [0, 0.1) is 0 Å². The van der Waals surface area contributed by atoms with Crippen molar-refractivity contribution < 1.29 is 14.0 Å². The van der Waals surface area contributed by atoms with Crippen molar-refractivity contribution in [3.8, 4) is 0 Å². The second-order valence-corrected chi connectivity index (χ2v) is 8.28. The maximum Gasteiger partial charge on any atom is 0.496 e. The Hall–Kier alpha value is -1.04. The van der Waals surface area contributed by atoms with Crippen LogP contribution in [-0.2, 0) is 14.0 Å². The van der Waals surface area contributed by atoms with Crippen molar-refractivity contribution in [3.05, 3.63) is 23.8 Å². The molecular formula is C19H28BNO3. The third-order valence-electron chi connectivity index (χ3n) is 5.96. The molecule has 1 saturated carbocycles. The highest BCUT2D eigenvalue weighted by Gasteiger charge is 2.52. The van der Waals surface area contributed by atoms with E-state index in [0.29, 0.717) is 0 Å². The number of morpholine rings is 1. The van der Waals surface area contributed by atoms with Crippen molar-refractivity contribution in [3.63, 3.8) is 0 Å². The topological polar surface area (TPSA) is 30.9 Å². The number of anilines is 1. The van der Waals surface area contributed by atoms with E-state index in [-0.39, 0.29) is 18.3 Å². The Morgan fingerprint density at radius 2 is 1.62 bits per heavy atom. The van der Waals surface area contributed by atoms with E-state index in [2.05, 4.69) is 50.8 Å². The van der Waals surface area contributed by atoms with Crippen LogP contribution in [0.15, 0.2) is 18.2 Å². The summed E-state index contributed by atoms with van der Waals surface area (Å²) in [5, 5.41) is 0. The van der Waals surface area contributed by atoms with Crippen molar-refractivity contribution in [2.24, 2.45) is 0 Å². The molecule has 3 fully saturated rings. The van der Waals surface area contributed by atoms with Gasteiger partial charge in [0.05, 0.1) is 24.4 Å². The van der Waals surface area contributed by atoms with Gasteiger partial charge in [-0.25, -0.2) is 0 Å². The summed E-state index contributed by atoms with van der Waals surface area (Å²) in [6, 6.07) is 6.85. The molecule has 0 N–H and O–H groups in total. The first-order valence-electron chi connectivity index (χ1n) is 9.19. The van der Waals surface area contributed by atoms with Crippen LogP contribution in [0.5, 0.6) is 0 Å². The number of benzene rings is 1. The number of hydrogen-bond donors (Lipinski definition) is 0. The molecule has 0 atom stereocenters. The Balaban J connectivity index is 1.69. The van der Waals surface area contributed by atoms with Gasteiger partial charge in [-0.3, -0.25) is 0 Å². The molecule has 4 nitrogen and oxygen atoms in total. The highest BCUT2D eigenvalue weighted by molar-refractivity contribution is 6.64. The van der Waals surface area contributed by atoms with Gasteiger partial charge in [0, 0.05) is 24.2 Å². The summed E-state index contributed by atoms with van der Waals surface area (Å²) in [5.41, 5.74) is 3.25. The number of nitrogens with zero attached hydrogens (tertiary/aromatic N) is 1. The Labute approximate surface area is 145 Å². The van der Waals surface area contributed by atoms with Crippen LogP contribution in [0.1, 0.15) is 52.0 Å². The molecular weight excluding hydrogens is 301 g/mol. The van der Waals surface area contributed by atoms with E-state index < -0.39 is 0 Å². The van der Waals surface area contributed by atoms with E-state index in [0.717, 1.165) is 37.7 Å². The highest BCUT2D eigenvalue weighted by Crippen LogP contribution is 2.42. The van der Waals surface area contributed by atoms with Gasteiger partial charge in [-0.2, -0.15) is 0 Å². The summed E-state index contributed by atoms with van der Waals surface area (Å²) in [6.45, 7) is 11.9. The minimum atomic E-state index is -0.310. The predicted molar refractivity (Wildman–Crippen MR) is 97.2 cm³/mol. The fourth-order valence-electron chi connectivity index (χ4n) is 3.48. The van der Waals surface area contributed by atoms with Gasteiger partial charge < -0.3 is 18.9 Å². The number of ether oxygens (including phenoxy) is 1. The second kappa shape index (κ2) is 5.75. The van der Waals surface area contributed by atoms with Crippen LogP contribution >= 0.6 is 0 Å². The third-order valence-corrected chi connectivity index (χ3v) is 5.96. The van der Waals surface area contributed by atoms with E-state index >= 15 is 0 Å². The Morgan fingerprint density at radius 3 is 2.21 bits per heavy atom. The monoisotopic (exact) mass is 329 g/mol. The third kappa shape index (κ3) is 2.87. The van der Waals surface area contributed by atoms with Crippen molar-refractivity contribution in [2.45, 2.75) is 57.7 Å². The van der Waals surface area contributed by atoms with Crippen LogP contribution < -0.4 is 10.4 Å². The minimum absolute atomic E-state index is 0.305. The molecule has 0 unspecified atom stereocenters. The van der Waals surface area contributed by atoms with Crippen LogP contribution in [0.25, 0.3) is 0 Å². The molecule has 2 heterocycles. The lowest BCUT2D eigenvalue weighted by Crippen LogP contribution is -2.43. The second-order valence-electron chi connectivity index (χ2n) is 8.28. The normalized spacial score (nSPS) is 26.0. The van der Waals surface area contributed by atoms with Gasteiger partial charge in [0.2, 0.25) is 0 Å². The van der Waals surface area contributed by atoms with E-state index in [1.807, 2.05) is 0 Å². The quantitative estimate of drug-likeness (QED) is 0.798. The SMILES string of the molecule is CC1(C)OB(c2ccc(C3CC3)cc2N2CCOCC2)OC1(C)C. The zero-order valence-corrected chi connectivity index (χ0v) is 15.3. The first-order chi connectivity index (χ1) is 11.4. The van der Waals surface area contributed by atoms with Gasteiger partial charge in [-0.1, -0.05) is 12.1 Å². The van der Waals surface area contributed by atoms with E-state index in [1.54, 1.807) is 0 Å². The molecule has 0 bridgehead atoms. The molecule has 2 saturated heterocycles. The maximum atomic E-state index is 6.32. The van der Waals surface area contributed by atoms with Crippen molar-refractivity contribution in [1.82, 2.24) is 0 Å². The van der Waals surface area contributed by atoms with Crippen LogP contribution in [0.3, 0.4) is 0 Å². The first-order valence-corrected chi connectivity index (χ1v) is 9.19. The molecule has 0 aromatic heterocycles. The van der Waals surface area contributed by atoms with Crippen LogP contribution in [-0.4, -0.2) is 44.6 Å². The first kappa shape index (κ1) is 16.4. The van der Waals surface area contributed by atoms with E-state index in [9.17, 15) is 0 Å². The lowest BCUT2D eigenvalue weighted by molar-refractivity contribution is 0.00578. The van der Waals surface area contributed by atoms with Gasteiger partial charge in [0.1, 0.15) is 0 Å². The van der Waals surface area contributed by atoms with Gasteiger partial charge in [0.25, 0.3) is 0 Å². The average Bonchev–Trinajstić information content (AvgIpc) is 3.36. The summed E-state index contributed by atoms with van der Waals surface area (Å²) in [7, 11) is -0.305. The molecule has 0 amide bonds. The zero-order chi connectivity index (χ0) is 16.9. The molecule has 2 aliphatic heterocycles. The summed E-state index contributed by atoms with van der Waals surface area (Å²) >= 11 is 0. The smallest absolute Gasteiger partial charge is 0.399 e. The zero-order valence-electron chi connectivity index (χ0n) is 15.3. The maximum absolute atomic E-state index is 6.32. The van der Waals surface area contributed by atoms with Crippen LogP contribution in [0.4, 0.5) is 5.69 Å². The fourth-order valence-corrected chi connectivity index (χ4v) is 3.48. The molecule has 5 heteroatoms. The molecule has 1 aromatic rings. The summed E-state index contributed by atoms with van der Waals surface area (Å²) < 4.78 is 18.2. The van der Waals surface area contributed by atoms with Crippen LogP contribution in [0.2, 0.25) is 0 Å². The lowest BCUT2D eigenvalue weighted by atomic mass is 9.76. The largest absolute Gasteiger partial charge is 0.496 e. The van der Waals surface area contributed by atoms with Crippen molar-refractivity contribution >= 4 is 18.3 Å². The summed E-state index contributed by atoms with van der Waals surface area (Å²) in [5.74, 6) is 0.747. The van der Waals surface area contributed by atoms with E-state index in [4.69, 9.17) is 14.0 Å². The predicted octanol–water partition coefficient (Wildman–Crippen LogP) is 2.70. The molecule has 4 rings (SSSR count). The molecule has 0 spiro atoms. The van der Waals surface area contributed by atoms with Gasteiger partial charge >= 0.3 is 7.12 Å². The lowest BCUT2D eigenvalue weighted by Gasteiger charge is -2.32. The minimum Gasteiger partial charge on any atom is -0.399 e. The highest BCUT2D eigenvalue weighted by atomic mass is 16.7.